The van der Waals surface area contributed by atoms with E-state index in [1.807, 2.05) is 24.3 Å². The molecule has 0 radical (unpaired) electrons. The number of hydrogen-bond acceptors (Lipinski definition) is 3. The van der Waals surface area contributed by atoms with Crippen LogP contribution in [0.3, 0.4) is 0 Å². The topological polar surface area (TPSA) is 60.9 Å². The van der Waals surface area contributed by atoms with Gasteiger partial charge in [-0.3, -0.25) is 9.59 Å². The average Bonchev–Trinajstić information content (AvgIpc) is 2.48. The highest BCUT2D eigenvalue weighted by atomic mass is 16.4. The van der Waals surface area contributed by atoms with Crippen LogP contribution < -0.4 is 9.80 Å². The summed E-state index contributed by atoms with van der Waals surface area (Å²) < 4.78 is 0. The number of rotatable bonds is 5. The molecule has 1 fully saturated rings. The summed E-state index contributed by atoms with van der Waals surface area (Å²) >= 11 is 0. The van der Waals surface area contributed by atoms with Gasteiger partial charge in [-0.2, -0.15) is 0 Å². The third-order valence-corrected chi connectivity index (χ3v) is 4.24. The Bertz CT molecular complexity index is 519. The van der Waals surface area contributed by atoms with Gasteiger partial charge in [0.2, 0.25) is 5.91 Å². The number of amides is 1. The summed E-state index contributed by atoms with van der Waals surface area (Å²) in [6.07, 6.45) is 2.37. The summed E-state index contributed by atoms with van der Waals surface area (Å²) in [4.78, 5) is 26.3. The van der Waals surface area contributed by atoms with Gasteiger partial charge < -0.3 is 14.9 Å². The number of aliphatic carboxylic acids is 1. The highest BCUT2D eigenvalue weighted by Gasteiger charge is 2.17. The molecule has 0 aromatic heterocycles. The van der Waals surface area contributed by atoms with Crippen molar-refractivity contribution in [3.05, 3.63) is 24.3 Å². The summed E-state index contributed by atoms with van der Waals surface area (Å²) in [5.41, 5.74) is 1.92. The summed E-state index contributed by atoms with van der Waals surface area (Å²) in [6, 6.07) is 7.83. The normalized spacial score (nSPS) is 15.6. The quantitative estimate of drug-likeness (QED) is 0.908. The number of anilines is 2. The molecule has 1 amide bonds. The van der Waals surface area contributed by atoms with Gasteiger partial charge in [0.15, 0.2) is 0 Å². The molecule has 5 heteroatoms. The third kappa shape index (κ3) is 4.23. The lowest BCUT2D eigenvalue weighted by atomic mass is 9.99. The second-order valence-electron chi connectivity index (χ2n) is 6.00. The zero-order valence-electron chi connectivity index (χ0n) is 13.3. The van der Waals surface area contributed by atoms with Crippen molar-refractivity contribution in [2.75, 3.05) is 29.4 Å². The first-order chi connectivity index (χ1) is 10.5. The molecule has 0 unspecified atom stereocenters. The minimum absolute atomic E-state index is 0.0503. The van der Waals surface area contributed by atoms with Gasteiger partial charge in [0.25, 0.3) is 0 Å². The lowest BCUT2D eigenvalue weighted by Crippen LogP contribution is -2.33. The Hall–Kier alpha value is -2.04. The third-order valence-electron chi connectivity index (χ3n) is 4.24. The van der Waals surface area contributed by atoms with E-state index in [0.29, 0.717) is 0 Å². The maximum Gasteiger partial charge on any atom is 0.305 e. The predicted octanol–water partition coefficient (Wildman–Crippen LogP) is 2.75. The van der Waals surface area contributed by atoms with E-state index in [-0.39, 0.29) is 18.9 Å². The van der Waals surface area contributed by atoms with E-state index in [9.17, 15) is 9.59 Å². The minimum atomic E-state index is -0.898. The molecule has 0 saturated carbocycles. The van der Waals surface area contributed by atoms with Crippen molar-refractivity contribution in [3.63, 3.8) is 0 Å². The smallest absolute Gasteiger partial charge is 0.305 e. The molecule has 1 aliphatic heterocycles. The average molecular weight is 304 g/mol. The zero-order chi connectivity index (χ0) is 16.1. The van der Waals surface area contributed by atoms with E-state index >= 15 is 0 Å². The van der Waals surface area contributed by atoms with E-state index in [4.69, 9.17) is 5.11 Å². The number of piperidine rings is 1. The van der Waals surface area contributed by atoms with Gasteiger partial charge in [-0.1, -0.05) is 6.92 Å². The van der Waals surface area contributed by atoms with Gasteiger partial charge in [-0.15, -0.1) is 0 Å². The molecule has 1 aliphatic rings. The molecule has 1 aromatic carbocycles. The molecule has 120 valence electrons. The second kappa shape index (κ2) is 7.29. The number of carboxylic acid groups (broad SMARTS) is 1. The minimum Gasteiger partial charge on any atom is -0.481 e. The Morgan fingerprint density at radius 2 is 1.82 bits per heavy atom. The number of carbonyl (C=O) groups excluding carboxylic acids is 1. The van der Waals surface area contributed by atoms with Crippen molar-refractivity contribution in [3.8, 4) is 0 Å². The fourth-order valence-electron chi connectivity index (χ4n) is 2.79. The molecule has 22 heavy (non-hydrogen) atoms. The van der Waals surface area contributed by atoms with Crippen LogP contribution in [0.1, 0.15) is 33.1 Å². The van der Waals surface area contributed by atoms with Crippen LogP contribution in [0.2, 0.25) is 0 Å². The Labute approximate surface area is 131 Å². The van der Waals surface area contributed by atoms with E-state index in [1.54, 1.807) is 0 Å². The van der Waals surface area contributed by atoms with Crippen molar-refractivity contribution in [1.29, 1.82) is 0 Å². The molecule has 0 spiro atoms. The lowest BCUT2D eigenvalue weighted by Gasteiger charge is -2.32. The van der Waals surface area contributed by atoms with Crippen molar-refractivity contribution in [2.24, 2.45) is 5.92 Å². The Morgan fingerprint density at radius 1 is 1.23 bits per heavy atom. The van der Waals surface area contributed by atoms with Gasteiger partial charge in [0.05, 0.1) is 6.42 Å². The van der Waals surface area contributed by atoms with E-state index in [2.05, 4.69) is 11.8 Å². The van der Waals surface area contributed by atoms with Gasteiger partial charge in [-0.05, 0) is 43.0 Å². The summed E-state index contributed by atoms with van der Waals surface area (Å²) in [6.45, 7) is 6.08. The maximum atomic E-state index is 11.7. The van der Waals surface area contributed by atoms with Crippen molar-refractivity contribution in [2.45, 2.75) is 33.1 Å². The first-order valence-corrected chi connectivity index (χ1v) is 7.82. The maximum absolute atomic E-state index is 11.7. The molecule has 1 N–H and O–H groups in total. The first-order valence-electron chi connectivity index (χ1n) is 7.82. The number of carbonyl (C=O) groups is 2. The Morgan fingerprint density at radius 3 is 2.32 bits per heavy atom. The molecule has 1 heterocycles. The Balaban J connectivity index is 2.05. The standard InChI is InChI=1S/C17H24N2O3/c1-13-7-10-18(11-8-13)15-3-5-16(6-4-15)19(14(2)20)12-9-17(21)22/h3-6,13H,7-12H2,1-2H3,(H,21,22). The van der Waals surface area contributed by atoms with Crippen LogP contribution >= 0.6 is 0 Å². The largest absolute Gasteiger partial charge is 0.481 e. The SMILES string of the molecule is CC(=O)N(CCC(=O)O)c1ccc(N2CCC(C)CC2)cc1. The fraction of sp³-hybridized carbons (Fsp3) is 0.529. The monoisotopic (exact) mass is 304 g/mol. The number of nitrogens with zero attached hydrogens (tertiary/aromatic N) is 2. The molecule has 0 aliphatic carbocycles. The van der Waals surface area contributed by atoms with Crippen LogP contribution in [0.25, 0.3) is 0 Å². The molecule has 1 aromatic rings. The number of hydrogen-bond donors (Lipinski definition) is 1. The van der Waals surface area contributed by atoms with Crippen molar-refractivity contribution >= 4 is 23.3 Å². The predicted molar refractivity (Wildman–Crippen MR) is 87.3 cm³/mol. The van der Waals surface area contributed by atoms with Gasteiger partial charge in [-0.25, -0.2) is 0 Å². The lowest BCUT2D eigenvalue weighted by molar-refractivity contribution is -0.136. The molecule has 1 saturated heterocycles. The van der Waals surface area contributed by atoms with Crippen molar-refractivity contribution < 1.29 is 14.7 Å². The molecular weight excluding hydrogens is 280 g/mol. The van der Waals surface area contributed by atoms with Crippen molar-refractivity contribution in [1.82, 2.24) is 0 Å². The first kappa shape index (κ1) is 16.3. The summed E-state index contributed by atoms with van der Waals surface area (Å²) in [7, 11) is 0. The number of benzene rings is 1. The van der Waals surface area contributed by atoms with Crippen LogP contribution in [0.15, 0.2) is 24.3 Å². The van der Waals surface area contributed by atoms with E-state index in [1.165, 1.54) is 24.7 Å². The number of carboxylic acids is 1. The fourth-order valence-corrected chi connectivity index (χ4v) is 2.79. The second-order valence-corrected chi connectivity index (χ2v) is 6.00. The van der Waals surface area contributed by atoms with Crippen LogP contribution in [-0.4, -0.2) is 36.6 Å². The molecule has 5 nitrogen and oxygen atoms in total. The van der Waals surface area contributed by atoms with Gasteiger partial charge in [0.1, 0.15) is 0 Å². The zero-order valence-corrected chi connectivity index (χ0v) is 13.3. The molecule has 0 bridgehead atoms. The van der Waals surface area contributed by atoms with Gasteiger partial charge in [0, 0.05) is 37.9 Å². The van der Waals surface area contributed by atoms with Crippen LogP contribution in [0.4, 0.5) is 11.4 Å². The highest BCUT2D eigenvalue weighted by Crippen LogP contribution is 2.25. The van der Waals surface area contributed by atoms with Gasteiger partial charge >= 0.3 is 5.97 Å². The summed E-state index contributed by atoms with van der Waals surface area (Å²) in [5, 5.41) is 8.78. The molecule has 0 atom stereocenters. The van der Waals surface area contributed by atoms with Crippen LogP contribution in [0, 0.1) is 5.92 Å². The van der Waals surface area contributed by atoms with E-state index < -0.39 is 5.97 Å². The summed E-state index contributed by atoms with van der Waals surface area (Å²) in [5.74, 6) is -0.245. The molecular formula is C17H24N2O3. The molecule has 2 rings (SSSR count). The van der Waals surface area contributed by atoms with E-state index in [0.717, 1.165) is 30.4 Å². The van der Waals surface area contributed by atoms with Crippen LogP contribution in [-0.2, 0) is 9.59 Å². The van der Waals surface area contributed by atoms with Crippen LogP contribution in [0.5, 0.6) is 0 Å². The Kier molecular flexibility index (Phi) is 5.41. The highest BCUT2D eigenvalue weighted by molar-refractivity contribution is 5.92.